The van der Waals surface area contributed by atoms with Gasteiger partial charge in [0.2, 0.25) is 0 Å². The van der Waals surface area contributed by atoms with E-state index in [1.165, 1.54) is 17.5 Å². The summed E-state index contributed by atoms with van der Waals surface area (Å²) >= 11 is 3.51. The molecule has 2 aliphatic rings. The zero-order valence-electron chi connectivity index (χ0n) is 13.2. The van der Waals surface area contributed by atoms with Gasteiger partial charge >= 0.3 is 0 Å². The second-order valence-electron chi connectivity index (χ2n) is 6.28. The second kappa shape index (κ2) is 6.17. The van der Waals surface area contributed by atoms with E-state index >= 15 is 0 Å². The summed E-state index contributed by atoms with van der Waals surface area (Å²) in [5.41, 5.74) is 2.62. The lowest BCUT2D eigenvalue weighted by Crippen LogP contribution is -2.31. The summed E-state index contributed by atoms with van der Waals surface area (Å²) < 4.78 is 12.6. The third-order valence-corrected chi connectivity index (χ3v) is 5.44. The van der Waals surface area contributed by atoms with E-state index in [9.17, 15) is 0 Å². The minimum absolute atomic E-state index is 0.428. The predicted octanol–water partition coefficient (Wildman–Crippen LogP) is 4.41. The Bertz CT molecular complexity index is 701. The molecule has 2 heterocycles. The first-order valence-electron chi connectivity index (χ1n) is 8.04. The molecule has 0 spiro atoms. The van der Waals surface area contributed by atoms with E-state index in [1.807, 2.05) is 6.07 Å². The van der Waals surface area contributed by atoms with Crippen LogP contribution in [0.1, 0.15) is 23.6 Å². The van der Waals surface area contributed by atoms with Crippen LogP contribution in [0, 0.1) is 5.92 Å². The van der Waals surface area contributed by atoms with Gasteiger partial charge in [-0.2, -0.15) is 0 Å². The molecule has 0 N–H and O–H groups in total. The van der Waals surface area contributed by atoms with Gasteiger partial charge < -0.3 is 9.47 Å². The first-order valence-corrected chi connectivity index (χ1v) is 8.84. The molecule has 1 fully saturated rings. The fourth-order valence-corrected chi connectivity index (χ4v) is 4.09. The van der Waals surface area contributed by atoms with E-state index in [-0.39, 0.29) is 0 Å². The van der Waals surface area contributed by atoms with Crippen LogP contribution in [0.25, 0.3) is 0 Å². The molecule has 1 unspecified atom stereocenters. The fourth-order valence-electron chi connectivity index (χ4n) is 3.82. The fraction of sp³-hybridized carbons (Fsp3) is 0.368. The zero-order valence-corrected chi connectivity index (χ0v) is 14.8. The Morgan fingerprint density at radius 1 is 1.22 bits per heavy atom. The van der Waals surface area contributed by atoms with Crippen LogP contribution in [0.4, 0.5) is 0 Å². The first kappa shape index (κ1) is 15.0. The molecule has 2 aliphatic heterocycles. The molecule has 2 aromatic carbocycles. The molecular formula is C19H20BrNO2. The number of nitrogens with zero attached hydrogens (tertiary/aromatic N) is 1. The van der Waals surface area contributed by atoms with E-state index in [0.717, 1.165) is 35.7 Å². The van der Waals surface area contributed by atoms with Crippen LogP contribution in [0.3, 0.4) is 0 Å². The zero-order chi connectivity index (χ0) is 15.8. The number of fused-ring (bicyclic) bond motifs is 3. The van der Waals surface area contributed by atoms with Crippen molar-refractivity contribution >= 4 is 15.9 Å². The minimum Gasteiger partial charge on any atom is -0.493 e. The number of likely N-dealkylation sites (tertiary alicyclic amines) is 1. The van der Waals surface area contributed by atoms with E-state index in [0.29, 0.717) is 12.0 Å². The Morgan fingerprint density at radius 3 is 2.83 bits per heavy atom. The Morgan fingerprint density at radius 2 is 2.04 bits per heavy atom. The monoisotopic (exact) mass is 373 g/mol. The number of hydrogen-bond donors (Lipinski definition) is 0. The first-order chi connectivity index (χ1) is 11.3. The SMILES string of the molecule is COc1cccc2c1OCC1CCN(Cc3ccc(Br)cc3)[C@H]21. The number of rotatable bonds is 3. The van der Waals surface area contributed by atoms with Gasteiger partial charge in [0.1, 0.15) is 0 Å². The molecule has 2 aromatic rings. The minimum atomic E-state index is 0.428. The maximum Gasteiger partial charge on any atom is 0.165 e. The van der Waals surface area contributed by atoms with Crippen molar-refractivity contribution in [2.75, 3.05) is 20.3 Å². The molecule has 120 valence electrons. The van der Waals surface area contributed by atoms with Gasteiger partial charge in [0.25, 0.3) is 0 Å². The summed E-state index contributed by atoms with van der Waals surface area (Å²) in [6.07, 6.45) is 1.19. The Kier molecular flexibility index (Phi) is 4.04. The highest BCUT2D eigenvalue weighted by molar-refractivity contribution is 9.10. The Hall–Kier alpha value is -1.52. The molecule has 4 heteroatoms. The van der Waals surface area contributed by atoms with Gasteiger partial charge in [-0.1, -0.05) is 40.2 Å². The molecule has 2 atom stereocenters. The van der Waals surface area contributed by atoms with Crippen molar-refractivity contribution in [3.63, 3.8) is 0 Å². The smallest absolute Gasteiger partial charge is 0.165 e. The van der Waals surface area contributed by atoms with Crippen molar-refractivity contribution in [1.82, 2.24) is 4.90 Å². The highest BCUT2D eigenvalue weighted by Crippen LogP contribution is 2.48. The molecule has 0 bridgehead atoms. The number of hydrogen-bond acceptors (Lipinski definition) is 3. The lowest BCUT2D eigenvalue weighted by atomic mass is 9.91. The molecule has 3 nitrogen and oxygen atoms in total. The van der Waals surface area contributed by atoms with Crippen LogP contribution in [-0.4, -0.2) is 25.2 Å². The highest BCUT2D eigenvalue weighted by Gasteiger charge is 2.40. The molecule has 0 radical (unpaired) electrons. The molecular weight excluding hydrogens is 354 g/mol. The standard InChI is InChI=1S/C19H20BrNO2/c1-22-17-4-2-3-16-18-14(12-23-19(16)17)9-10-21(18)11-13-5-7-15(20)8-6-13/h2-8,14,18H,9-12H2,1H3/t14?,18-/m0/s1. The van der Waals surface area contributed by atoms with Crippen molar-refractivity contribution in [2.24, 2.45) is 5.92 Å². The molecule has 0 aliphatic carbocycles. The number of ether oxygens (including phenoxy) is 2. The third kappa shape index (κ3) is 2.74. The summed E-state index contributed by atoms with van der Waals surface area (Å²) in [5.74, 6) is 2.35. The normalized spacial score (nSPS) is 23.0. The summed E-state index contributed by atoms with van der Waals surface area (Å²) in [6, 6.07) is 15.3. The van der Waals surface area contributed by atoms with Gasteiger partial charge in [0, 0.05) is 28.5 Å². The van der Waals surface area contributed by atoms with Crippen LogP contribution in [0.15, 0.2) is 46.9 Å². The van der Waals surface area contributed by atoms with Crippen LogP contribution in [-0.2, 0) is 6.54 Å². The summed E-state index contributed by atoms with van der Waals surface area (Å²) in [4.78, 5) is 2.58. The average molecular weight is 374 g/mol. The molecule has 1 saturated heterocycles. The van der Waals surface area contributed by atoms with Crippen LogP contribution in [0.5, 0.6) is 11.5 Å². The Labute approximate surface area is 145 Å². The van der Waals surface area contributed by atoms with E-state index < -0.39 is 0 Å². The summed E-state index contributed by atoms with van der Waals surface area (Å²) in [6.45, 7) is 2.88. The number of methoxy groups -OCH3 is 1. The van der Waals surface area contributed by atoms with Gasteiger partial charge in [-0.3, -0.25) is 4.90 Å². The molecule has 0 aromatic heterocycles. The van der Waals surface area contributed by atoms with Gasteiger partial charge in [0.15, 0.2) is 11.5 Å². The third-order valence-electron chi connectivity index (χ3n) is 4.92. The number of para-hydroxylation sites is 1. The average Bonchev–Trinajstić information content (AvgIpc) is 2.99. The molecule has 23 heavy (non-hydrogen) atoms. The summed E-state index contributed by atoms with van der Waals surface area (Å²) in [7, 11) is 1.71. The van der Waals surface area contributed by atoms with Crippen molar-refractivity contribution in [1.29, 1.82) is 0 Å². The van der Waals surface area contributed by atoms with E-state index in [4.69, 9.17) is 9.47 Å². The van der Waals surface area contributed by atoms with Crippen molar-refractivity contribution in [2.45, 2.75) is 19.0 Å². The van der Waals surface area contributed by atoms with Crippen LogP contribution in [0.2, 0.25) is 0 Å². The highest BCUT2D eigenvalue weighted by atomic mass is 79.9. The lowest BCUT2D eigenvalue weighted by molar-refractivity contribution is 0.140. The van der Waals surface area contributed by atoms with E-state index in [2.05, 4.69) is 57.2 Å². The summed E-state index contributed by atoms with van der Waals surface area (Å²) in [5, 5.41) is 0. The van der Waals surface area contributed by atoms with E-state index in [1.54, 1.807) is 7.11 Å². The van der Waals surface area contributed by atoms with Gasteiger partial charge in [-0.25, -0.2) is 0 Å². The molecule has 4 rings (SSSR count). The van der Waals surface area contributed by atoms with Crippen LogP contribution < -0.4 is 9.47 Å². The quantitative estimate of drug-likeness (QED) is 0.794. The van der Waals surface area contributed by atoms with Gasteiger partial charge in [-0.05, 0) is 36.7 Å². The predicted molar refractivity (Wildman–Crippen MR) is 93.9 cm³/mol. The Balaban J connectivity index is 1.64. The van der Waals surface area contributed by atoms with Crippen molar-refractivity contribution < 1.29 is 9.47 Å². The molecule has 0 amide bonds. The van der Waals surface area contributed by atoms with Crippen LogP contribution >= 0.6 is 15.9 Å². The van der Waals surface area contributed by atoms with Crippen molar-refractivity contribution in [3.8, 4) is 11.5 Å². The lowest BCUT2D eigenvalue weighted by Gasteiger charge is -2.34. The maximum absolute atomic E-state index is 6.02. The topological polar surface area (TPSA) is 21.7 Å². The largest absolute Gasteiger partial charge is 0.493 e. The second-order valence-corrected chi connectivity index (χ2v) is 7.20. The number of benzene rings is 2. The van der Waals surface area contributed by atoms with Crippen molar-refractivity contribution in [3.05, 3.63) is 58.1 Å². The molecule has 0 saturated carbocycles. The van der Waals surface area contributed by atoms with Gasteiger partial charge in [0.05, 0.1) is 13.7 Å². The number of halogens is 1. The van der Waals surface area contributed by atoms with Gasteiger partial charge in [-0.15, -0.1) is 0 Å². The maximum atomic E-state index is 6.02.